The van der Waals surface area contributed by atoms with Gasteiger partial charge in [0.1, 0.15) is 0 Å². The lowest BCUT2D eigenvalue weighted by Gasteiger charge is -2.27. The first kappa shape index (κ1) is 18.3. The van der Waals surface area contributed by atoms with Gasteiger partial charge in [-0.25, -0.2) is 5.43 Å². The van der Waals surface area contributed by atoms with E-state index in [1.54, 1.807) is 0 Å². The average molecular weight is 371 g/mol. The number of fused-ring (bicyclic) bond motifs is 2. The van der Waals surface area contributed by atoms with Gasteiger partial charge >= 0.3 is 0 Å². The second-order valence-electron chi connectivity index (χ2n) is 7.02. The third-order valence-electron chi connectivity index (χ3n) is 5.16. The maximum atomic E-state index is 12.1. The van der Waals surface area contributed by atoms with Crippen molar-refractivity contribution in [2.75, 3.05) is 11.4 Å². The number of amides is 1. The first-order valence-corrected chi connectivity index (χ1v) is 9.81. The van der Waals surface area contributed by atoms with Crippen molar-refractivity contribution in [2.24, 2.45) is 0 Å². The molecule has 4 rings (SSSR count). The number of aryl methyl sites for hydroxylation is 2. The Morgan fingerprint density at radius 1 is 0.857 bits per heavy atom. The zero-order valence-electron chi connectivity index (χ0n) is 16.1. The minimum absolute atomic E-state index is 0.112. The molecule has 4 nitrogen and oxygen atoms in total. The number of anilines is 2. The third-order valence-corrected chi connectivity index (χ3v) is 5.16. The summed E-state index contributed by atoms with van der Waals surface area (Å²) < 4.78 is 0. The van der Waals surface area contributed by atoms with Crippen molar-refractivity contribution in [2.45, 2.75) is 26.3 Å². The third kappa shape index (κ3) is 3.78. The molecular weight excluding hydrogens is 346 g/mol. The lowest BCUT2D eigenvalue weighted by Crippen LogP contribution is -2.37. The summed E-state index contributed by atoms with van der Waals surface area (Å²) in [5.41, 5.74) is 12.6. The van der Waals surface area contributed by atoms with Crippen molar-refractivity contribution < 1.29 is 4.79 Å². The van der Waals surface area contributed by atoms with Crippen LogP contribution < -0.4 is 15.8 Å². The van der Waals surface area contributed by atoms with E-state index in [1.165, 1.54) is 28.1 Å². The van der Waals surface area contributed by atoms with Crippen molar-refractivity contribution in [1.82, 2.24) is 10.9 Å². The summed E-state index contributed by atoms with van der Waals surface area (Å²) in [6, 6.07) is 25.1. The lowest BCUT2D eigenvalue weighted by molar-refractivity contribution is 0.0934. The highest BCUT2D eigenvalue weighted by Gasteiger charge is 2.20. The van der Waals surface area contributed by atoms with Crippen molar-refractivity contribution in [3.63, 3.8) is 0 Å². The summed E-state index contributed by atoms with van der Waals surface area (Å²) in [6.45, 7) is 3.40. The SMILES string of the molecule is CCNNC(=O)c1ccc(CN2c3ccccc3CCc3ccccc32)cc1. The summed E-state index contributed by atoms with van der Waals surface area (Å²) in [6.07, 6.45) is 2.10. The monoisotopic (exact) mass is 371 g/mol. The second kappa shape index (κ2) is 8.28. The van der Waals surface area contributed by atoms with Gasteiger partial charge in [-0.3, -0.25) is 10.2 Å². The number of carbonyl (C=O) groups is 1. The molecular formula is C24H25N3O. The van der Waals surface area contributed by atoms with Crippen molar-refractivity contribution in [3.05, 3.63) is 95.1 Å². The Hall–Kier alpha value is -3.11. The van der Waals surface area contributed by atoms with E-state index in [9.17, 15) is 4.79 Å². The molecule has 2 N–H and O–H groups in total. The minimum atomic E-state index is -0.112. The van der Waals surface area contributed by atoms with Crippen LogP contribution in [0, 0.1) is 0 Å². The first-order chi connectivity index (χ1) is 13.8. The standard InChI is InChI=1S/C24H25N3O/c1-2-25-26-24(28)21-13-11-18(12-14-21)17-27-22-9-5-3-7-19(22)15-16-20-8-4-6-10-23(20)27/h3-14,25H,2,15-17H2,1H3,(H,26,28). The molecule has 0 unspecified atom stereocenters. The van der Waals surface area contributed by atoms with E-state index in [-0.39, 0.29) is 5.91 Å². The topological polar surface area (TPSA) is 44.4 Å². The number of para-hydroxylation sites is 2. The van der Waals surface area contributed by atoms with Gasteiger partial charge in [-0.2, -0.15) is 0 Å². The number of hydrogen-bond acceptors (Lipinski definition) is 3. The molecule has 0 spiro atoms. The van der Waals surface area contributed by atoms with Crippen LogP contribution in [0.25, 0.3) is 0 Å². The van der Waals surface area contributed by atoms with Gasteiger partial charge in [-0.05, 0) is 53.8 Å². The number of hydrogen-bond donors (Lipinski definition) is 2. The fourth-order valence-corrected chi connectivity index (χ4v) is 3.73. The number of nitrogens with zero attached hydrogens (tertiary/aromatic N) is 1. The maximum absolute atomic E-state index is 12.1. The van der Waals surface area contributed by atoms with Gasteiger partial charge < -0.3 is 4.90 Å². The van der Waals surface area contributed by atoms with Crippen molar-refractivity contribution in [1.29, 1.82) is 0 Å². The van der Waals surface area contributed by atoms with Crippen LogP contribution in [0.5, 0.6) is 0 Å². The summed E-state index contributed by atoms with van der Waals surface area (Å²) in [5.74, 6) is -0.112. The Labute approximate surface area is 166 Å². The van der Waals surface area contributed by atoms with Gasteiger partial charge in [0.25, 0.3) is 5.91 Å². The Bertz CT molecular complexity index is 918. The summed E-state index contributed by atoms with van der Waals surface area (Å²) >= 11 is 0. The van der Waals surface area contributed by atoms with Crippen molar-refractivity contribution >= 4 is 17.3 Å². The van der Waals surface area contributed by atoms with Crippen LogP contribution in [0.3, 0.4) is 0 Å². The molecule has 3 aromatic carbocycles. The average Bonchev–Trinajstić information content (AvgIpc) is 2.90. The van der Waals surface area contributed by atoms with E-state index >= 15 is 0 Å². The fraction of sp³-hybridized carbons (Fsp3) is 0.208. The predicted molar refractivity (Wildman–Crippen MR) is 114 cm³/mol. The highest BCUT2D eigenvalue weighted by atomic mass is 16.2. The zero-order chi connectivity index (χ0) is 19.3. The zero-order valence-corrected chi connectivity index (χ0v) is 16.1. The Kier molecular flexibility index (Phi) is 5.40. The molecule has 28 heavy (non-hydrogen) atoms. The number of hydrazine groups is 1. The summed E-state index contributed by atoms with van der Waals surface area (Å²) in [5, 5.41) is 0. The van der Waals surface area contributed by atoms with Crippen LogP contribution >= 0.6 is 0 Å². The van der Waals surface area contributed by atoms with Gasteiger partial charge in [0, 0.05) is 30.0 Å². The van der Waals surface area contributed by atoms with Crippen LogP contribution in [0.15, 0.2) is 72.8 Å². The van der Waals surface area contributed by atoms with E-state index in [2.05, 4.69) is 64.3 Å². The molecule has 1 amide bonds. The van der Waals surface area contributed by atoms with E-state index in [0.717, 1.165) is 19.4 Å². The molecule has 0 saturated carbocycles. The number of nitrogens with one attached hydrogen (secondary N) is 2. The fourth-order valence-electron chi connectivity index (χ4n) is 3.73. The van der Waals surface area contributed by atoms with Crippen LogP contribution in [-0.2, 0) is 19.4 Å². The molecule has 0 aromatic heterocycles. The van der Waals surface area contributed by atoms with Gasteiger partial charge in [-0.1, -0.05) is 55.5 Å². The van der Waals surface area contributed by atoms with Crippen LogP contribution in [0.1, 0.15) is 34.0 Å². The number of benzene rings is 3. The highest BCUT2D eigenvalue weighted by Crippen LogP contribution is 2.36. The summed E-state index contributed by atoms with van der Waals surface area (Å²) in [4.78, 5) is 14.5. The van der Waals surface area contributed by atoms with E-state index in [0.29, 0.717) is 12.1 Å². The van der Waals surface area contributed by atoms with Gasteiger partial charge in [0.15, 0.2) is 0 Å². The summed E-state index contributed by atoms with van der Waals surface area (Å²) in [7, 11) is 0. The largest absolute Gasteiger partial charge is 0.337 e. The van der Waals surface area contributed by atoms with Crippen molar-refractivity contribution in [3.8, 4) is 0 Å². The Balaban J connectivity index is 1.63. The molecule has 0 bridgehead atoms. The smallest absolute Gasteiger partial charge is 0.265 e. The molecule has 1 aliphatic rings. The Morgan fingerprint density at radius 3 is 2.00 bits per heavy atom. The molecule has 0 radical (unpaired) electrons. The molecule has 3 aromatic rings. The molecule has 4 heteroatoms. The van der Waals surface area contributed by atoms with E-state index < -0.39 is 0 Å². The predicted octanol–water partition coefficient (Wildman–Crippen LogP) is 4.38. The molecule has 1 heterocycles. The van der Waals surface area contributed by atoms with Gasteiger partial charge in [0.05, 0.1) is 0 Å². The normalized spacial score (nSPS) is 12.7. The molecule has 0 fully saturated rings. The lowest BCUT2D eigenvalue weighted by atomic mass is 10.0. The van der Waals surface area contributed by atoms with Crippen LogP contribution in [0.2, 0.25) is 0 Å². The molecule has 0 aliphatic carbocycles. The second-order valence-corrected chi connectivity index (χ2v) is 7.02. The van der Waals surface area contributed by atoms with E-state index in [1.807, 2.05) is 31.2 Å². The maximum Gasteiger partial charge on any atom is 0.265 e. The highest BCUT2D eigenvalue weighted by molar-refractivity contribution is 5.93. The molecule has 0 saturated heterocycles. The van der Waals surface area contributed by atoms with Crippen LogP contribution in [0.4, 0.5) is 11.4 Å². The molecule has 0 atom stereocenters. The van der Waals surface area contributed by atoms with Gasteiger partial charge in [0.2, 0.25) is 0 Å². The molecule has 1 aliphatic heterocycles. The van der Waals surface area contributed by atoms with E-state index in [4.69, 9.17) is 0 Å². The minimum Gasteiger partial charge on any atom is -0.337 e. The Morgan fingerprint density at radius 2 is 1.43 bits per heavy atom. The van der Waals surface area contributed by atoms with Crippen LogP contribution in [-0.4, -0.2) is 12.5 Å². The number of carbonyl (C=O) groups excluding carboxylic acids is 1. The number of rotatable bonds is 5. The first-order valence-electron chi connectivity index (χ1n) is 9.81. The van der Waals surface area contributed by atoms with Gasteiger partial charge in [-0.15, -0.1) is 0 Å². The molecule has 142 valence electrons. The quantitative estimate of drug-likeness (QED) is 0.654.